The van der Waals surface area contributed by atoms with E-state index in [0.717, 1.165) is 22.6 Å². The molecule has 0 aliphatic heterocycles. The van der Waals surface area contributed by atoms with Gasteiger partial charge < -0.3 is 5.73 Å². The van der Waals surface area contributed by atoms with Crippen LogP contribution in [0.4, 0.5) is 0 Å². The molecule has 1 unspecified atom stereocenters. The van der Waals surface area contributed by atoms with Gasteiger partial charge in [0, 0.05) is 23.5 Å². The molecular weight excluding hydrogens is 220 g/mol. The Morgan fingerprint density at radius 1 is 1.19 bits per heavy atom. The van der Waals surface area contributed by atoms with Crippen molar-refractivity contribution in [3.8, 4) is 0 Å². The monoisotopic (exact) mass is 232 g/mol. The predicted molar refractivity (Wildman–Crippen MR) is 66.3 cm³/mol. The topological polar surface area (TPSA) is 38.9 Å². The molecule has 1 atom stereocenters. The molecule has 0 spiro atoms. The van der Waals surface area contributed by atoms with Crippen LogP contribution in [0.25, 0.3) is 0 Å². The van der Waals surface area contributed by atoms with E-state index in [1.165, 1.54) is 0 Å². The third kappa shape index (κ3) is 2.60. The van der Waals surface area contributed by atoms with E-state index in [0.29, 0.717) is 0 Å². The van der Waals surface area contributed by atoms with E-state index >= 15 is 0 Å². The second kappa shape index (κ2) is 5.10. The summed E-state index contributed by atoms with van der Waals surface area (Å²) in [7, 11) is 0. The number of nitrogens with two attached hydrogens (primary N) is 1. The van der Waals surface area contributed by atoms with Gasteiger partial charge in [-0.3, -0.25) is 4.98 Å². The van der Waals surface area contributed by atoms with Gasteiger partial charge in [-0.05, 0) is 29.7 Å². The molecule has 2 aromatic rings. The summed E-state index contributed by atoms with van der Waals surface area (Å²) in [5.41, 5.74) is 8.22. The fourth-order valence-electron chi connectivity index (χ4n) is 1.66. The summed E-state index contributed by atoms with van der Waals surface area (Å²) in [6.07, 6.45) is 4.33. The van der Waals surface area contributed by atoms with Gasteiger partial charge in [-0.1, -0.05) is 35.9 Å². The lowest BCUT2D eigenvalue weighted by atomic mass is 10.0. The Kier molecular flexibility index (Phi) is 3.54. The van der Waals surface area contributed by atoms with Crippen molar-refractivity contribution < 1.29 is 0 Å². The zero-order valence-corrected chi connectivity index (χ0v) is 9.56. The Bertz CT molecular complexity index is 456. The minimum absolute atomic E-state index is 0.0853. The van der Waals surface area contributed by atoms with Crippen LogP contribution in [0.1, 0.15) is 17.2 Å². The van der Waals surface area contributed by atoms with Crippen LogP contribution in [0.5, 0.6) is 0 Å². The van der Waals surface area contributed by atoms with Gasteiger partial charge in [0.2, 0.25) is 0 Å². The fraction of sp³-hybridized carbons (Fsp3) is 0.154. The molecule has 2 rings (SSSR count). The molecule has 0 saturated carbocycles. The Hall–Kier alpha value is -1.38. The highest BCUT2D eigenvalue weighted by atomic mass is 35.5. The first-order chi connectivity index (χ1) is 7.77. The van der Waals surface area contributed by atoms with Crippen molar-refractivity contribution in [1.29, 1.82) is 0 Å². The highest BCUT2D eigenvalue weighted by Gasteiger charge is 2.09. The molecule has 1 aromatic heterocycles. The maximum atomic E-state index is 6.12. The summed E-state index contributed by atoms with van der Waals surface area (Å²) in [5.74, 6) is 0. The molecule has 1 heterocycles. The van der Waals surface area contributed by atoms with Crippen LogP contribution >= 0.6 is 11.6 Å². The van der Waals surface area contributed by atoms with Gasteiger partial charge in [0.25, 0.3) is 0 Å². The summed E-state index contributed by atoms with van der Waals surface area (Å²) < 4.78 is 0. The van der Waals surface area contributed by atoms with Gasteiger partial charge in [-0.2, -0.15) is 0 Å². The molecule has 82 valence electrons. The quantitative estimate of drug-likeness (QED) is 0.884. The summed E-state index contributed by atoms with van der Waals surface area (Å²) in [5, 5.41) is 0.721. The van der Waals surface area contributed by atoms with Crippen molar-refractivity contribution in [2.45, 2.75) is 12.5 Å². The Balaban J connectivity index is 2.15. The molecule has 0 bridgehead atoms. The van der Waals surface area contributed by atoms with E-state index in [2.05, 4.69) is 4.98 Å². The SMILES string of the molecule is NC(Cc1cccnc1)c1ccccc1Cl. The second-order valence-corrected chi connectivity index (χ2v) is 4.10. The molecule has 3 heteroatoms. The Morgan fingerprint density at radius 2 is 2.00 bits per heavy atom. The predicted octanol–water partition coefficient (Wildman–Crippen LogP) is 2.98. The number of halogens is 1. The summed E-state index contributed by atoms with van der Waals surface area (Å²) in [6, 6.07) is 11.5. The number of rotatable bonds is 3. The van der Waals surface area contributed by atoms with Crippen LogP contribution in [-0.4, -0.2) is 4.98 Å². The smallest absolute Gasteiger partial charge is 0.0453 e. The summed E-state index contributed by atoms with van der Waals surface area (Å²) in [4.78, 5) is 4.07. The second-order valence-electron chi connectivity index (χ2n) is 3.69. The van der Waals surface area contributed by atoms with Gasteiger partial charge in [0.05, 0.1) is 0 Å². The van der Waals surface area contributed by atoms with Crippen LogP contribution in [-0.2, 0) is 6.42 Å². The van der Waals surface area contributed by atoms with Gasteiger partial charge in [0.15, 0.2) is 0 Å². The van der Waals surface area contributed by atoms with Gasteiger partial charge in [0.1, 0.15) is 0 Å². The van der Waals surface area contributed by atoms with E-state index in [4.69, 9.17) is 17.3 Å². The van der Waals surface area contributed by atoms with Crippen molar-refractivity contribution in [2.24, 2.45) is 5.73 Å². The van der Waals surface area contributed by atoms with Crippen molar-refractivity contribution in [2.75, 3.05) is 0 Å². The maximum Gasteiger partial charge on any atom is 0.0453 e. The first-order valence-electron chi connectivity index (χ1n) is 5.16. The first kappa shape index (κ1) is 11.1. The number of nitrogens with zero attached hydrogens (tertiary/aromatic N) is 1. The van der Waals surface area contributed by atoms with Crippen LogP contribution in [0, 0.1) is 0 Å². The third-order valence-corrected chi connectivity index (χ3v) is 2.83. The van der Waals surface area contributed by atoms with E-state index in [-0.39, 0.29) is 6.04 Å². The highest BCUT2D eigenvalue weighted by molar-refractivity contribution is 6.31. The molecule has 0 amide bonds. The standard InChI is InChI=1S/C13H13ClN2/c14-12-6-2-1-5-11(12)13(15)8-10-4-3-7-16-9-10/h1-7,9,13H,8,15H2. The molecule has 0 radical (unpaired) electrons. The van der Waals surface area contributed by atoms with E-state index in [1.807, 2.05) is 42.6 Å². The van der Waals surface area contributed by atoms with E-state index < -0.39 is 0 Å². The highest BCUT2D eigenvalue weighted by Crippen LogP contribution is 2.23. The normalized spacial score (nSPS) is 12.4. The van der Waals surface area contributed by atoms with Gasteiger partial charge in [-0.15, -0.1) is 0 Å². The fourth-order valence-corrected chi connectivity index (χ4v) is 1.93. The van der Waals surface area contributed by atoms with E-state index in [1.54, 1.807) is 6.20 Å². The Labute approximate surface area is 100 Å². The van der Waals surface area contributed by atoms with E-state index in [9.17, 15) is 0 Å². The minimum Gasteiger partial charge on any atom is -0.324 e. The number of hydrogen-bond donors (Lipinski definition) is 1. The zero-order valence-electron chi connectivity index (χ0n) is 8.81. The number of benzene rings is 1. The lowest BCUT2D eigenvalue weighted by molar-refractivity contribution is 0.720. The average Bonchev–Trinajstić information content (AvgIpc) is 2.31. The average molecular weight is 233 g/mol. The molecule has 0 aliphatic carbocycles. The van der Waals surface area contributed by atoms with Crippen molar-refractivity contribution >= 4 is 11.6 Å². The zero-order chi connectivity index (χ0) is 11.4. The molecule has 0 saturated heterocycles. The molecule has 1 aromatic carbocycles. The van der Waals surface area contributed by atoms with Crippen LogP contribution < -0.4 is 5.73 Å². The van der Waals surface area contributed by atoms with Gasteiger partial charge >= 0.3 is 0 Å². The molecular formula is C13H13ClN2. The lowest BCUT2D eigenvalue weighted by Gasteiger charge is -2.13. The van der Waals surface area contributed by atoms with Crippen LogP contribution in [0.15, 0.2) is 48.8 Å². The van der Waals surface area contributed by atoms with Gasteiger partial charge in [-0.25, -0.2) is 0 Å². The lowest BCUT2D eigenvalue weighted by Crippen LogP contribution is -2.13. The molecule has 2 N–H and O–H groups in total. The summed E-state index contributed by atoms with van der Waals surface area (Å²) in [6.45, 7) is 0. The minimum atomic E-state index is -0.0853. The van der Waals surface area contributed by atoms with Crippen molar-refractivity contribution in [1.82, 2.24) is 4.98 Å². The molecule has 16 heavy (non-hydrogen) atoms. The molecule has 0 aliphatic rings. The van der Waals surface area contributed by atoms with Crippen molar-refractivity contribution in [3.05, 3.63) is 64.9 Å². The maximum absolute atomic E-state index is 6.12. The van der Waals surface area contributed by atoms with Crippen LogP contribution in [0.2, 0.25) is 5.02 Å². The number of aromatic nitrogens is 1. The summed E-state index contributed by atoms with van der Waals surface area (Å²) >= 11 is 6.09. The first-order valence-corrected chi connectivity index (χ1v) is 5.54. The Morgan fingerprint density at radius 3 is 2.69 bits per heavy atom. The largest absolute Gasteiger partial charge is 0.324 e. The van der Waals surface area contributed by atoms with Crippen molar-refractivity contribution in [3.63, 3.8) is 0 Å². The number of pyridine rings is 1. The third-order valence-electron chi connectivity index (χ3n) is 2.48. The molecule has 2 nitrogen and oxygen atoms in total. The van der Waals surface area contributed by atoms with Crippen LogP contribution in [0.3, 0.4) is 0 Å². The number of hydrogen-bond acceptors (Lipinski definition) is 2. The molecule has 0 fully saturated rings.